The summed E-state index contributed by atoms with van der Waals surface area (Å²) in [6.45, 7) is -0.625. The van der Waals surface area contributed by atoms with E-state index in [2.05, 4.69) is 19.5 Å². The number of aromatic nitrogens is 4. The predicted molar refractivity (Wildman–Crippen MR) is 74.5 cm³/mol. The molecule has 1 aliphatic heterocycles. The number of aliphatic hydroxyl groups excluding tert-OH is 1. The maximum absolute atomic E-state index is 14.6. The van der Waals surface area contributed by atoms with Crippen molar-refractivity contribution in [2.75, 3.05) is 12.3 Å². The minimum Gasteiger partial charge on any atom is -0.394 e. The van der Waals surface area contributed by atoms with Crippen molar-refractivity contribution in [1.82, 2.24) is 19.5 Å². The smallest absolute Gasteiger partial charge is 0.317 e. The SMILES string of the molecule is Nc1nc2c(ncn2[C@@H]2O[C@H](CO)C(O[PH](=O)O)C2F)c(=O)[nH]1. The van der Waals surface area contributed by atoms with Crippen LogP contribution < -0.4 is 11.3 Å². The van der Waals surface area contributed by atoms with Crippen LogP contribution in [0.5, 0.6) is 0 Å². The fraction of sp³-hybridized carbons (Fsp3) is 0.500. The van der Waals surface area contributed by atoms with E-state index in [-0.39, 0.29) is 17.1 Å². The zero-order valence-electron chi connectivity index (χ0n) is 11.4. The van der Waals surface area contributed by atoms with Crippen molar-refractivity contribution < 1.29 is 28.2 Å². The number of nitrogens with two attached hydrogens (primary N) is 1. The van der Waals surface area contributed by atoms with E-state index in [1.165, 1.54) is 0 Å². The van der Waals surface area contributed by atoms with Crippen molar-refractivity contribution in [1.29, 1.82) is 0 Å². The average Bonchev–Trinajstić information content (AvgIpc) is 3.01. The monoisotopic (exact) mass is 349 g/mol. The topological polar surface area (TPSA) is 166 Å². The molecule has 1 fully saturated rings. The molecule has 0 aromatic carbocycles. The molecule has 3 heterocycles. The highest BCUT2D eigenvalue weighted by atomic mass is 31.1. The van der Waals surface area contributed by atoms with E-state index in [1.807, 2.05) is 0 Å². The molecular weight excluding hydrogens is 336 g/mol. The second-order valence-electron chi connectivity index (χ2n) is 4.82. The van der Waals surface area contributed by atoms with Gasteiger partial charge in [-0.3, -0.25) is 18.9 Å². The molecule has 23 heavy (non-hydrogen) atoms. The summed E-state index contributed by atoms with van der Waals surface area (Å²) < 4.78 is 36.4. The van der Waals surface area contributed by atoms with Gasteiger partial charge in [0.25, 0.3) is 5.56 Å². The number of hydrogen-bond donors (Lipinski definition) is 4. The Bertz CT molecular complexity index is 811. The Kier molecular flexibility index (Phi) is 4.17. The first-order valence-corrected chi connectivity index (χ1v) is 7.71. The van der Waals surface area contributed by atoms with Crippen LogP contribution in [0, 0.1) is 0 Å². The standard InChI is InChI=1S/C10H13FN5O6P/c11-4-6(22-23(19)20)3(1-17)21-9(4)16-2-13-5-7(16)14-10(12)15-8(5)18/h2-4,6,9,17,23H,1H2,(H,19,20)(H3,12,14,15,18)/t3-,4?,6?,9-/m1/s1. The van der Waals surface area contributed by atoms with Crippen molar-refractivity contribution in [2.45, 2.75) is 24.6 Å². The Balaban J connectivity index is 2.02. The molecular formula is C10H13FN5O6P. The van der Waals surface area contributed by atoms with Gasteiger partial charge in [-0.2, -0.15) is 4.98 Å². The minimum atomic E-state index is -3.44. The number of alkyl halides is 1. The molecule has 0 amide bonds. The lowest BCUT2D eigenvalue weighted by Crippen LogP contribution is -2.32. The Morgan fingerprint density at radius 2 is 2.35 bits per heavy atom. The molecule has 0 spiro atoms. The van der Waals surface area contributed by atoms with Crippen molar-refractivity contribution in [3.63, 3.8) is 0 Å². The van der Waals surface area contributed by atoms with Crippen molar-refractivity contribution in [2.24, 2.45) is 0 Å². The number of hydrogen-bond acceptors (Lipinski definition) is 8. The molecule has 5 N–H and O–H groups in total. The molecule has 3 unspecified atom stereocenters. The van der Waals surface area contributed by atoms with Crippen molar-refractivity contribution in [3.8, 4) is 0 Å². The van der Waals surface area contributed by atoms with Crippen LogP contribution in [0.15, 0.2) is 11.1 Å². The van der Waals surface area contributed by atoms with E-state index in [0.717, 1.165) is 10.9 Å². The molecule has 0 aliphatic carbocycles. The maximum atomic E-state index is 14.6. The summed E-state index contributed by atoms with van der Waals surface area (Å²) in [5.41, 5.74) is 4.76. The Morgan fingerprint density at radius 3 is 3.00 bits per heavy atom. The number of aliphatic hydroxyl groups is 1. The lowest BCUT2D eigenvalue weighted by molar-refractivity contribution is -0.0436. The number of imidazole rings is 1. The van der Waals surface area contributed by atoms with Crippen LogP contribution in [0.3, 0.4) is 0 Å². The number of nitrogen functional groups attached to an aromatic ring is 1. The quantitative estimate of drug-likeness (QED) is 0.490. The summed E-state index contributed by atoms with van der Waals surface area (Å²) in [6, 6.07) is 0. The Morgan fingerprint density at radius 1 is 1.61 bits per heavy atom. The van der Waals surface area contributed by atoms with Crippen molar-refractivity contribution >= 4 is 25.4 Å². The summed E-state index contributed by atoms with van der Waals surface area (Å²) in [5, 5.41) is 9.22. The van der Waals surface area contributed by atoms with E-state index < -0.39 is 45.0 Å². The van der Waals surface area contributed by atoms with Crippen LogP contribution >= 0.6 is 8.25 Å². The summed E-state index contributed by atoms with van der Waals surface area (Å²) in [4.78, 5) is 30.5. The highest BCUT2D eigenvalue weighted by Gasteiger charge is 2.48. The lowest BCUT2D eigenvalue weighted by atomic mass is 10.1. The molecule has 1 saturated heterocycles. The molecule has 0 saturated carbocycles. The molecule has 3 rings (SSSR count). The average molecular weight is 349 g/mol. The molecule has 5 atom stereocenters. The molecule has 11 nitrogen and oxygen atoms in total. The molecule has 126 valence electrons. The Hall–Kier alpha value is -1.85. The van der Waals surface area contributed by atoms with E-state index in [9.17, 15) is 18.9 Å². The first-order valence-electron chi connectivity index (χ1n) is 6.44. The van der Waals surface area contributed by atoms with E-state index in [4.69, 9.17) is 15.4 Å². The van der Waals surface area contributed by atoms with Crippen LogP contribution in [0.4, 0.5) is 10.3 Å². The zero-order chi connectivity index (χ0) is 16.7. The number of nitrogens with zero attached hydrogens (tertiary/aromatic N) is 3. The van der Waals surface area contributed by atoms with Gasteiger partial charge in [-0.25, -0.2) is 9.37 Å². The first kappa shape index (κ1) is 16.0. The molecule has 0 bridgehead atoms. The van der Waals surface area contributed by atoms with Crippen molar-refractivity contribution in [3.05, 3.63) is 16.7 Å². The summed E-state index contributed by atoms with van der Waals surface area (Å²) >= 11 is 0. The summed E-state index contributed by atoms with van der Waals surface area (Å²) in [5.74, 6) is -0.190. The summed E-state index contributed by atoms with van der Waals surface area (Å²) in [6.07, 6.45) is -4.72. The van der Waals surface area contributed by atoms with E-state index >= 15 is 0 Å². The van der Waals surface area contributed by atoms with Gasteiger partial charge < -0.3 is 25.0 Å². The van der Waals surface area contributed by atoms with Crippen LogP contribution in [0.2, 0.25) is 0 Å². The van der Waals surface area contributed by atoms with Gasteiger partial charge >= 0.3 is 8.25 Å². The van der Waals surface area contributed by atoms with E-state index in [0.29, 0.717) is 0 Å². The fourth-order valence-electron chi connectivity index (χ4n) is 2.45. The van der Waals surface area contributed by atoms with Gasteiger partial charge in [0.15, 0.2) is 23.6 Å². The van der Waals surface area contributed by atoms with Gasteiger partial charge in [0.05, 0.1) is 12.9 Å². The largest absolute Gasteiger partial charge is 0.394 e. The lowest BCUT2D eigenvalue weighted by Gasteiger charge is -2.16. The number of nitrogens with one attached hydrogen (secondary N) is 1. The van der Waals surface area contributed by atoms with Crippen LogP contribution in [0.25, 0.3) is 11.2 Å². The van der Waals surface area contributed by atoms with Gasteiger partial charge in [-0.15, -0.1) is 0 Å². The number of aromatic amines is 1. The third-order valence-corrected chi connectivity index (χ3v) is 3.88. The van der Waals surface area contributed by atoms with Gasteiger partial charge in [-0.05, 0) is 0 Å². The molecule has 2 aromatic rings. The third kappa shape index (κ3) is 2.75. The fourth-order valence-corrected chi connectivity index (χ4v) is 2.97. The molecule has 13 heteroatoms. The number of fused-ring (bicyclic) bond motifs is 1. The number of rotatable bonds is 4. The normalized spacial score (nSPS) is 29.2. The highest BCUT2D eigenvalue weighted by Crippen LogP contribution is 2.38. The van der Waals surface area contributed by atoms with Crippen LogP contribution in [0.1, 0.15) is 6.23 Å². The van der Waals surface area contributed by atoms with Crippen LogP contribution in [-0.4, -0.2) is 54.5 Å². The van der Waals surface area contributed by atoms with Gasteiger partial charge in [0.1, 0.15) is 12.2 Å². The predicted octanol–water partition coefficient (Wildman–Crippen LogP) is -1.30. The third-order valence-electron chi connectivity index (χ3n) is 3.41. The number of anilines is 1. The number of halogens is 1. The molecule has 2 aromatic heterocycles. The molecule has 1 aliphatic rings. The zero-order valence-corrected chi connectivity index (χ0v) is 12.4. The number of ether oxygens (including phenoxy) is 1. The number of H-pyrrole nitrogens is 1. The second kappa shape index (κ2) is 5.98. The van der Waals surface area contributed by atoms with Crippen LogP contribution in [-0.2, 0) is 13.8 Å². The second-order valence-corrected chi connectivity index (χ2v) is 5.58. The highest BCUT2D eigenvalue weighted by molar-refractivity contribution is 7.32. The van der Waals surface area contributed by atoms with E-state index in [1.54, 1.807) is 0 Å². The van der Waals surface area contributed by atoms with Gasteiger partial charge in [0.2, 0.25) is 5.95 Å². The summed E-state index contributed by atoms with van der Waals surface area (Å²) in [7, 11) is -3.44. The maximum Gasteiger partial charge on any atom is 0.317 e. The van der Waals surface area contributed by atoms with Gasteiger partial charge in [-0.1, -0.05) is 0 Å². The molecule has 0 radical (unpaired) electrons. The first-order chi connectivity index (χ1) is 10.9. The van der Waals surface area contributed by atoms with Gasteiger partial charge in [0, 0.05) is 0 Å². The minimum absolute atomic E-state index is 0.0205. The Labute approximate surface area is 127 Å².